The predicted octanol–water partition coefficient (Wildman–Crippen LogP) is 16.0. The molecule has 0 radical (unpaired) electrons. The molecule has 3 aliphatic heterocycles. The van der Waals surface area contributed by atoms with Gasteiger partial charge in [0.15, 0.2) is 0 Å². The second-order valence-corrected chi connectivity index (χ2v) is 30.6. The third kappa shape index (κ3) is 44.8. The van der Waals surface area contributed by atoms with E-state index in [1.165, 1.54) is 30.8 Å². The molecule has 2 saturated heterocycles. The summed E-state index contributed by atoms with van der Waals surface area (Å²) in [5.41, 5.74) is 2.83. The highest BCUT2D eigenvalue weighted by Gasteiger charge is 2.63. The molecule has 6 rings (SSSR count). The first-order valence-electron chi connectivity index (χ1n) is 42.4. The Morgan fingerprint density at radius 1 is 0.536 bits per heavy atom. The van der Waals surface area contributed by atoms with Gasteiger partial charge in [-0.2, -0.15) is 0 Å². The Labute approximate surface area is 876 Å². The lowest BCUT2D eigenvalue weighted by Gasteiger charge is -2.47. The van der Waals surface area contributed by atoms with Crippen LogP contribution in [0.5, 0.6) is 0 Å². The lowest BCUT2D eigenvalue weighted by molar-refractivity contribution is -0.816. The van der Waals surface area contributed by atoms with Crippen LogP contribution in [-0.2, 0) is 113 Å². The van der Waals surface area contributed by atoms with Crippen molar-refractivity contribution in [2.24, 2.45) is 46.3 Å². The van der Waals surface area contributed by atoms with Crippen LogP contribution >= 0.6 is 0 Å². The number of Topliss-reactive ketones (excluding diaryl/α,β-unsaturated/α-hetero) is 2. The van der Waals surface area contributed by atoms with Crippen molar-refractivity contribution < 1.29 is 196 Å². The molecule has 17 atom stereocenters. The number of methoxy groups -OCH3 is 3. The predicted molar refractivity (Wildman–Crippen MR) is 583 cm³/mol. The second kappa shape index (κ2) is 69.9. The van der Waals surface area contributed by atoms with Crippen molar-refractivity contribution >= 4 is 29.4 Å². The molecular formula is C110H172N2O28. The number of ether oxygens (including phenoxy) is 6. The van der Waals surface area contributed by atoms with Crippen molar-refractivity contribution in [2.75, 3.05) is 27.9 Å². The molecule has 0 aromatic heterocycles. The molecule has 3 unspecified atom stereocenters. The minimum atomic E-state index is -2.55. The number of cyclic esters (lactones) is 1. The number of aliphatic hydroxyl groups excluding tert-OH is 2. The average Bonchev–Trinajstić information content (AvgIpc) is 1.55. The quantitative estimate of drug-likeness (QED) is 0.00908. The van der Waals surface area contributed by atoms with Gasteiger partial charge in [-0.15, -0.1) is 6.42 Å². The van der Waals surface area contributed by atoms with Crippen LogP contribution in [0.25, 0.3) is 0 Å². The summed E-state index contributed by atoms with van der Waals surface area (Å²) in [4.78, 5) is 79.8. The van der Waals surface area contributed by atoms with E-state index in [1.54, 1.807) is 40.9 Å². The first kappa shape index (κ1) is 117. The molecule has 5 fully saturated rings. The van der Waals surface area contributed by atoms with Crippen LogP contribution in [0.4, 0.5) is 0 Å². The summed E-state index contributed by atoms with van der Waals surface area (Å²) < 4.78 is 36.2. The molecule has 1 amide bonds. The van der Waals surface area contributed by atoms with Crippen LogP contribution in [0.3, 0.4) is 0 Å². The van der Waals surface area contributed by atoms with Crippen LogP contribution in [0.2, 0.25) is 0 Å². The number of aliphatic hydroxyl groups is 3. The number of amides is 1. The van der Waals surface area contributed by atoms with Gasteiger partial charge in [0.05, 0.1) is 30.5 Å². The van der Waals surface area contributed by atoms with E-state index in [9.17, 15) is 39.3 Å². The largest absolute Gasteiger partial charge is 0.459 e. The maximum Gasteiger partial charge on any atom is 0.330 e. The maximum absolute atomic E-state index is 14.6. The highest BCUT2D eigenvalue weighted by molar-refractivity contribution is 6.39. The van der Waals surface area contributed by atoms with E-state index in [1.807, 2.05) is 26.0 Å². The number of terminal acetylenes is 1. The summed E-state index contributed by atoms with van der Waals surface area (Å²) in [6.07, 6.45) is 13.0. The van der Waals surface area contributed by atoms with Crippen LogP contribution in [0.1, 0.15) is 209 Å². The fourth-order valence-corrected chi connectivity index (χ4v) is 14.8. The summed E-state index contributed by atoms with van der Waals surface area (Å²) in [5.74, 6) is 124. The minimum Gasteiger partial charge on any atom is -0.459 e. The molecule has 30 nitrogen and oxygen atoms in total. The molecule has 30 heteroatoms. The number of nitrogens with one attached hydrogen (secondary N) is 1. The minimum absolute atomic E-state index is 0. The maximum atomic E-state index is 14.6. The Kier molecular flexibility index (Phi) is 58.2. The van der Waals surface area contributed by atoms with E-state index in [4.69, 9.17) is 45.4 Å². The van der Waals surface area contributed by atoms with Gasteiger partial charge in [-0.05, 0) is 284 Å². The molecule has 3 saturated carbocycles. The highest BCUT2D eigenvalue weighted by Crippen LogP contribution is 2.66. The van der Waals surface area contributed by atoms with Crippen LogP contribution < -0.4 is 5.64 Å². The van der Waals surface area contributed by atoms with E-state index in [0.717, 1.165) is 24.8 Å². The Bertz CT molecular complexity index is 6550. The first-order chi connectivity index (χ1) is 67.8. The zero-order valence-corrected chi connectivity index (χ0v) is 78.2. The first-order valence-corrected chi connectivity index (χ1v) is 42.4. The number of piperidine rings is 1. The Balaban J connectivity index is -0.0000000490. The number of ketones is 2. The van der Waals surface area contributed by atoms with Gasteiger partial charge in [0, 0.05) is 334 Å². The van der Waals surface area contributed by atoms with E-state index >= 15 is 0 Å². The number of hydrogen-bond donors (Lipinski definition) is 6. The number of nitrogens with zero attached hydrogens (tertiary/aromatic N) is 1. The zero-order chi connectivity index (χ0) is 102. The molecule has 0 aromatic rings. The highest BCUT2D eigenvalue weighted by atomic mass is 17.9. The molecular weight excluding hydrogens is 1800 g/mol. The van der Waals surface area contributed by atoms with Gasteiger partial charge in [-0.3, -0.25) is 14.4 Å². The smallest absolute Gasteiger partial charge is 0.330 e. The third-order valence-electron chi connectivity index (χ3n) is 21.8. The van der Waals surface area contributed by atoms with Gasteiger partial charge in [-0.25, -0.2) is 20.1 Å². The van der Waals surface area contributed by atoms with Gasteiger partial charge in [0.25, 0.3) is 11.7 Å². The number of carbonyl (C=O) groups excluding carboxylic acids is 5. The van der Waals surface area contributed by atoms with Crippen LogP contribution in [-0.4, -0.2) is 149 Å². The molecule has 6 N–H and O–H groups in total. The van der Waals surface area contributed by atoms with Crippen LogP contribution in [0.15, 0.2) is 35.5 Å². The molecule has 140 heavy (non-hydrogen) atoms. The van der Waals surface area contributed by atoms with E-state index < -0.39 is 95.9 Å². The van der Waals surface area contributed by atoms with Gasteiger partial charge in [-0.1, -0.05) is 81.2 Å². The van der Waals surface area contributed by atoms with Gasteiger partial charge in [0.1, 0.15) is 30.1 Å². The Hall–Kier alpha value is -15.8. The topological polar surface area (TPSA) is 368 Å². The molecule has 6 aliphatic rings. The fraction of sp³-hybridized carbons (Fsp3) is 0.409. The molecule has 4 bridgehead atoms. The second-order valence-electron chi connectivity index (χ2n) is 30.6. The van der Waals surface area contributed by atoms with Gasteiger partial charge in [0.2, 0.25) is 5.79 Å². The Morgan fingerprint density at radius 3 is 1.36 bits per heavy atom. The molecule has 0 spiro atoms. The molecule has 0 aromatic carbocycles. The monoisotopic (exact) mass is 1970 g/mol. The SMILES string of the molecule is C#CC#CC#CC#CC#CC#CC#CC#CC#CC#CC#CC#CC#CC#CC#CC#CC#CC#CC#CC#CC#CC#CC#CC#CC#CC#CC#CC.CO[C@H]1C[C@@H](C)C/C(C)=C/[C@@H](C/C=C/C(=O)OC2CC3CCC2(C)C3(C)C)C(=O)C[C@H](O)[C@@H](C)[C@@H](/C(C)=C/[C@@H]2CC[C@@H](O)[C@H](OC)C2)OC(=O)[C@@H]2CCCCN2C(=O)C(=O)[C@]2(O)O[C@H]1[C@@H](OC)C[C@H]2C.OOOOOOONOOOOOOO.[HH].[HH].[HH].[HH].[HH].[HH].[HH].[HH].[HH].[HH].[HH].[HH].[HH].[HH].[HH].[HH].[HH].[HH].[HH].[HH].[HH].[HH].[HH].[HH].[HH].[HH].[HH].[HH].[HH].[HH].[HH].[HH].[HH].[HH].[HH].[HH].[HH].[HH].[HH].[HH]. The zero-order valence-electron chi connectivity index (χ0n) is 78.2. The lowest BCUT2D eigenvalue weighted by Crippen LogP contribution is -2.64. The van der Waals surface area contributed by atoms with Crippen molar-refractivity contribution in [3.05, 3.63) is 35.5 Å². The number of hydrogen-bond acceptors (Lipinski definition) is 29. The van der Waals surface area contributed by atoms with Crippen molar-refractivity contribution in [1.29, 1.82) is 0 Å². The Morgan fingerprint density at radius 2 is 0.957 bits per heavy atom. The molecule has 790 valence electrons. The van der Waals surface area contributed by atoms with Gasteiger partial charge >= 0.3 is 11.9 Å². The number of fused-ring (bicyclic) bond motifs is 5. The van der Waals surface area contributed by atoms with Crippen molar-refractivity contribution in [1.82, 2.24) is 10.5 Å². The summed E-state index contributed by atoms with van der Waals surface area (Å²) in [6, 6.07) is -1.19. The molecule has 3 heterocycles. The van der Waals surface area contributed by atoms with Crippen molar-refractivity contribution in [3.63, 3.8) is 0 Å². The summed E-state index contributed by atoms with van der Waals surface area (Å²) >= 11 is 0. The number of carbonyl (C=O) groups is 5. The van der Waals surface area contributed by atoms with E-state index in [2.05, 4.69) is 395 Å². The molecule has 3 aliphatic carbocycles. The number of allylic oxidation sites excluding steroid dienone is 4. The number of rotatable bonds is 21. The summed E-state index contributed by atoms with van der Waals surface area (Å²) in [6.45, 7) is 17.6. The normalized spacial score (nSPS) is 23.9. The number of esters is 2. The van der Waals surface area contributed by atoms with E-state index in [0.29, 0.717) is 56.4 Å². The van der Waals surface area contributed by atoms with Gasteiger partial charge < -0.3 is 48.6 Å². The third-order valence-corrected chi connectivity index (χ3v) is 21.8. The van der Waals surface area contributed by atoms with Crippen molar-refractivity contribution in [3.8, 4) is 320 Å². The van der Waals surface area contributed by atoms with Crippen LogP contribution in [0, 0.1) is 367 Å². The fourth-order valence-electron chi connectivity index (χ4n) is 14.8. The summed E-state index contributed by atoms with van der Waals surface area (Å²) in [5, 5.41) is 82.6. The van der Waals surface area contributed by atoms with Crippen molar-refractivity contribution in [2.45, 2.75) is 213 Å². The summed E-state index contributed by atoms with van der Waals surface area (Å²) in [7, 11) is 4.59. The standard InChI is InChI=1S/C55H85NO14.C55H4.H3NO14.40H2/c1-31-23-32(2)25-44(66-10)49-45(67-11)27-34(4)55(64,70-49)50(61)51(62)56-22-13-12-16-39(56)52(63)69-48(33(3)26-36-18-19-40(57)43(28-36)65-9)35(5)41(58)30-42(59)37(24-31)15-14-17-47(60)68-46-29-38-20-21-54(46,8)53(38,6)7;1-3-5-7-9-11-13-15-17-19-21-23-25-27-29-31-33-35-37-39-41-43-45-47-49-51-53-55-54-52-50-48-46-44-42-40-38-36-34-32-30-28-26-24-22-20-18-16-14-12-10-8-6-4-2;2-6-10-14-12-8-4-1-5-9-13-15-11-7-3;;;;;;;;;;;;;;;;;;;;;;;;;;;;;;;;;;;;;;;;/h14,17,24,26,32,34-41,43-46,48-49,57-58,64H,12-13,15-16,18-23,25,27-30H2,1-11H3;1H,2H3;1-3H;40*1H/b17-14+,31-24+,33-26+;;;;;;;;;;;;;;;;;;;;;;;;;;;;;;;;;;;;;;;;;;/t32-,34+,35+,36-,37+,38?,39-,40+,41-,43+,44-,45-,46?,48+,49+,54?,55+;;;;;;;;;;;;;;;;;;;;;;;;;;;;;;;;;;;;;;;;;;/m0........................................../s1. The van der Waals surface area contributed by atoms with E-state index in [-0.39, 0.29) is 124 Å². The lowest BCUT2D eigenvalue weighted by atomic mass is 9.70. The average molecular weight is 1970 g/mol.